The second kappa shape index (κ2) is 140. The van der Waals surface area contributed by atoms with Crippen molar-refractivity contribution in [3.63, 3.8) is 0 Å². The maximum Gasteiger partial charge on any atom is -2.00 e. The summed E-state index contributed by atoms with van der Waals surface area (Å²) in [5, 5.41) is 0. The van der Waals surface area contributed by atoms with Gasteiger partial charge in [0.1, 0.15) is 0 Å². The smallest absolute Gasteiger partial charge is 2.00 e. The summed E-state index contributed by atoms with van der Waals surface area (Å²) in [6.07, 6.45) is 0. The van der Waals surface area contributed by atoms with Crippen molar-refractivity contribution >= 4 is 67.5 Å². The van der Waals surface area contributed by atoms with Gasteiger partial charge in [0.15, 0.2) is 0 Å². The van der Waals surface area contributed by atoms with Crippen LogP contribution in [0.2, 0.25) is 0 Å². The van der Waals surface area contributed by atoms with E-state index in [0.717, 1.165) is 0 Å². The first-order chi connectivity index (χ1) is 2.00. The molecule has 0 atom stereocenters. The molecule has 0 bridgehead atoms. The van der Waals surface area contributed by atoms with Gasteiger partial charge in [0.05, 0.1) is 0 Å². The summed E-state index contributed by atoms with van der Waals surface area (Å²) in [6.45, 7) is 0. The van der Waals surface area contributed by atoms with E-state index in [1.807, 2.05) is 0 Å². The maximum absolute atomic E-state index is 8.31. The van der Waals surface area contributed by atoms with Gasteiger partial charge in [0, 0.05) is 0 Å². The molecule has 0 unspecified atom stereocenters. The number of rotatable bonds is 0. The molecule has 0 aromatic carbocycles. The second-order valence-electron chi connectivity index (χ2n) is 0. The van der Waals surface area contributed by atoms with Gasteiger partial charge in [-0.15, -0.1) is 0 Å². The average Bonchev–Trinajstić information content (AvgIpc) is 1.50. The third kappa shape index (κ3) is 112. The molecule has 0 N–H and O–H groups in total. The van der Waals surface area contributed by atoms with Crippen LogP contribution in [0.25, 0.3) is 0 Å². The van der Waals surface area contributed by atoms with E-state index in [9.17, 15) is 0 Å². The van der Waals surface area contributed by atoms with Gasteiger partial charge in [-0.25, -0.2) is 0 Å². The maximum atomic E-state index is 8.31. The van der Waals surface area contributed by atoms with E-state index in [-0.39, 0.29) is 67.5 Å². The number of hydrogen-bond donors (Lipinski definition) is 0. The van der Waals surface area contributed by atoms with Gasteiger partial charge in [-0.2, -0.15) is 0 Å². The molecule has 0 spiro atoms. The van der Waals surface area contributed by atoms with Crippen molar-refractivity contribution in [2.45, 2.75) is 0 Å². The summed E-state index contributed by atoms with van der Waals surface area (Å²) in [6, 6.07) is 0. The quantitative estimate of drug-likeness (QED) is 0.407. The Morgan fingerprint density at radius 2 is 0.444 bits per heavy atom. The Kier molecular flexibility index (Phi) is 945. The molecule has 0 amide bonds. The molecule has 0 saturated heterocycles. The fourth-order valence-electron chi connectivity index (χ4n) is 0. The first kappa shape index (κ1) is 60.9. The molecule has 0 radical (unpaired) electrons. The van der Waals surface area contributed by atoms with Crippen LogP contribution < -0.4 is 0 Å². The summed E-state index contributed by atoms with van der Waals surface area (Å²) in [5.74, 6) is 0. The van der Waals surface area contributed by atoms with Gasteiger partial charge in [-0.1, -0.05) is 0 Å². The molecule has 0 aromatic rings. The van der Waals surface area contributed by atoms with Gasteiger partial charge < -0.3 is 67.5 Å². The molecule has 0 heterocycles. The predicted octanol–water partition coefficient (Wildman–Crippen LogP) is -0.255. The van der Waals surface area contributed by atoms with E-state index in [2.05, 4.69) is 0 Å². The van der Waals surface area contributed by atoms with Crippen LogP contribution in [0.15, 0.2) is 0 Å². The zero-order valence-corrected chi connectivity index (χ0v) is 13.1. The van der Waals surface area contributed by atoms with E-state index in [1.54, 1.807) is 0 Å². The Balaban J connectivity index is -0.00000000114. The molecule has 0 aromatic heterocycles. The summed E-state index contributed by atoms with van der Waals surface area (Å²) >= 11 is 0.944. The molecule has 0 saturated carbocycles. The van der Waals surface area contributed by atoms with E-state index in [1.165, 1.54) is 0 Å². The minimum Gasteiger partial charge on any atom is -2.00 e. The molecule has 0 aliphatic carbocycles. The predicted molar refractivity (Wildman–Crippen MR) is 38.2 cm³/mol. The van der Waals surface area contributed by atoms with Gasteiger partial charge >= 0.3 is 45.3 Å². The molecular formula is O2Re2S5. The van der Waals surface area contributed by atoms with Crippen LogP contribution >= 0.6 is 0 Å². The molecule has 0 aliphatic rings. The zero-order valence-electron chi connectivity index (χ0n) is 3.61. The Hall–Kier alpha value is 2.67. The summed E-state index contributed by atoms with van der Waals surface area (Å²) in [7, 11) is 0. The molecule has 9 heavy (non-hydrogen) atoms. The SMILES string of the molecule is [O]=[Re+5].[O]=[Re+5].[S-2].[S-2].[S-2].[S-2].[S-2]. The van der Waals surface area contributed by atoms with Gasteiger partial charge in [-0.05, 0) is 0 Å². The van der Waals surface area contributed by atoms with Crippen molar-refractivity contribution in [1.82, 2.24) is 0 Å². The Morgan fingerprint density at radius 1 is 0.444 bits per heavy atom. The molecular weight excluding hydrogens is 565 g/mol. The fraction of sp³-hybridized carbons (Fsp3) is 0. The first-order valence-electron chi connectivity index (χ1n) is 0.309. The monoisotopic (exact) mass is 566 g/mol. The number of hydrogen-bond acceptors (Lipinski definition) is 2. The fourth-order valence-corrected chi connectivity index (χ4v) is 0. The van der Waals surface area contributed by atoms with Crippen LogP contribution in [-0.4, -0.2) is 0 Å². The third-order valence-electron chi connectivity index (χ3n) is 0. The standard InChI is InChI=1S/2O.2Re.5S/q;;2*+5;5*-2. The van der Waals surface area contributed by atoms with Crippen LogP contribution in [0.5, 0.6) is 0 Å². The summed E-state index contributed by atoms with van der Waals surface area (Å²) in [5.41, 5.74) is 0. The van der Waals surface area contributed by atoms with Gasteiger partial charge in [-0.3, -0.25) is 0 Å². The summed E-state index contributed by atoms with van der Waals surface area (Å²) < 4.78 is 16.6. The van der Waals surface area contributed by atoms with Gasteiger partial charge in [0.2, 0.25) is 0 Å². The van der Waals surface area contributed by atoms with Gasteiger partial charge in [0.25, 0.3) is 0 Å². The second-order valence-corrected chi connectivity index (χ2v) is 0. The molecule has 9 heteroatoms. The minimum atomic E-state index is 0. The van der Waals surface area contributed by atoms with Crippen molar-refractivity contribution in [3.05, 3.63) is 0 Å². The van der Waals surface area contributed by atoms with Crippen LogP contribution in [0.1, 0.15) is 0 Å². The van der Waals surface area contributed by atoms with E-state index in [4.69, 9.17) is 6.94 Å². The first-order valence-corrected chi connectivity index (χ1v) is 2.53. The van der Waals surface area contributed by atoms with Crippen molar-refractivity contribution in [2.24, 2.45) is 0 Å². The van der Waals surface area contributed by atoms with E-state index < -0.39 is 0 Å². The molecule has 2 nitrogen and oxygen atoms in total. The normalized spacial score (nSPS) is 1.33. The van der Waals surface area contributed by atoms with Crippen LogP contribution in [0.3, 0.4) is 0 Å². The molecule has 0 rings (SSSR count). The average molecular weight is 565 g/mol. The molecule has 0 fully saturated rings. The topological polar surface area (TPSA) is 34.1 Å². The van der Waals surface area contributed by atoms with Crippen LogP contribution in [-0.2, 0) is 113 Å². The zero-order chi connectivity index (χ0) is 4.00. The Bertz CT molecular complexity index is 14.9. The Morgan fingerprint density at radius 3 is 0.444 bits per heavy atom. The van der Waals surface area contributed by atoms with Crippen molar-refractivity contribution in [2.75, 3.05) is 0 Å². The Labute approximate surface area is 111 Å². The van der Waals surface area contributed by atoms with E-state index in [0.29, 0.717) is 38.3 Å². The van der Waals surface area contributed by atoms with Crippen molar-refractivity contribution in [1.29, 1.82) is 0 Å². The minimum absolute atomic E-state index is 0. The van der Waals surface area contributed by atoms with Crippen LogP contribution in [0.4, 0.5) is 0 Å². The van der Waals surface area contributed by atoms with Crippen LogP contribution in [0, 0.1) is 0 Å². The molecule has 56 valence electrons. The van der Waals surface area contributed by atoms with Crippen molar-refractivity contribution < 1.29 is 45.3 Å². The third-order valence-corrected chi connectivity index (χ3v) is 0. The largest absolute Gasteiger partial charge is 2.00 e. The summed E-state index contributed by atoms with van der Waals surface area (Å²) in [4.78, 5) is 0. The molecule has 0 aliphatic heterocycles. The van der Waals surface area contributed by atoms with Crippen molar-refractivity contribution in [3.8, 4) is 0 Å². The van der Waals surface area contributed by atoms with E-state index >= 15 is 0 Å².